The number of benzene rings is 1. The van der Waals surface area contributed by atoms with Gasteiger partial charge in [-0.05, 0) is 18.2 Å². The molecule has 2 amide bonds. The average molecular weight is 293 g/mol. The van der Waals surface area contributed by atoms with Gasteiger partial charge in [-0.2, -0.15) is 0 Å². The van der Waals surface area contributed by atoms with Crippen LogP contribution in [-0.2, 0) is 6.54 Å². The highest BCUT2D eigenvalue weighted by Gasteiger charge is 2.09. The van der Waals surface area contributed by atoms with E-state index in [4.69, 9.17) is 4.74 Å². The fourth-order valence-corrected chi connectivity index (χ4v) is 1.68. The van der Waals surface area contributed by atoms with Gasteiger partial charge >= 0.3 is 6.03 Å². The van der Waals surface area contributed by atoms with Gasteiger partial charge in [0.25, 0.3) is 0 Å². The number of methoxy groups -OCH3 is 1. The first kappa shape index (κ1) is 14.7. The van der Waals surface area contributed by atoms with Gasteiger partial charge < -0.3 is 15.4 Å². The van der Waals surface area contributed by atoms with E-state index < -0.39 is 17.7 Å². The third-order valence-corrected chi connectivity index (χ3v) is 2.66. The molecule has 110 valence electrons. The number of hydrogen-bond acceptors (Lipinski definition) is 3. The number of nitrogens with one attached hydrogen (secondary N) is 2. The summed E-state index contributed by atoms with van der Waals surface area (Å²) in [6.07, 6.45) is 1.56. The molecular formula is C14H13F2N3O2. The highest BCUT2D eigenvalue weighted by atomic mass is 19.1. The van der Waals surface area contributed by atoms with Crippen LogP contribution in [0.1, 0.15) is 5.56 Å². The number of carbonyl (C=O) groups excluding carboxylic acids is 1. The molecule has 2 aromatic rings. The summed E-state index contributed by atoms with van der Waals surface area (Å²) in [6, 6.07) is 5.58. The predicted octanol–water partition coefficient (Wildman–Crippen LogP) is 2.69. The van der Waals surface area contributed by atoms with Crippen molar-refractivity contribution >= 4 is 11.7 Å². The second-order valence-electron chi connectivity index (χ2n) is 4.10. The lowest BCUT2D eigenvalue weighted by molar-refractivity contribution is 0.251. The number of nitrogens with zero attached hydrogens (tertiary/aromatic N) is 1. The molecule has 0 saturated carbocycles. The van der Waals surface area contributed by atoms with Crippen molar-refractivity contribution in [1.29, 1.82) is 0 Å². The first-order valence-electron chi connectivity index (χ1n) is 6.08. The van der Waals surface area contributed by atoms with E-state index in [1.807, 2.05) is 0 Å². The zero-order valence-corrected chi connectivity index (χ0v) is 11.2. The number of urea groups is 1. The molecule has 0 aliphatic heterocycles. The Morgan fingerprint density at radius 1 is 1.33 bits per heavy atom. The molecule has 2 rings (SSSR count). The molecule has 0 saturated heterocycles. The Hall–Kier alpha value is -2.70. The minimum atomic E-state index is -0.717. The molecule has 7 heteroatoms. The molecule has 5 nitrogen and oxygen atoms in total. The Labute approximate surface area is 120 Å². The average Bonchev–Trinajstić information content (AvgIpc) is 2.49. The molecule has 0 fully saturated rings. The molecule has 0 aliphatic rings. The third kappa shape index (κ3) is 3.88. The number of rotatable bonds is 4. The van der Waals surface area contributed by atoms with Gasteiger partial charge in [0.05, 0.1) is 12.8 Å². The van der Waals surface area contributed by atoms with Crippen LogP contribution in [0.2, 0.25) is 0 Å². The topological polar surface area (TPSA) is 63.2 Å². The van der Waals surface area contributed by atoms with Crippen LogP contribution >= 0.6 is 0 Å². The third-order valence-electron chi connectivity index (χ3n) is 2.66. The van der Waals surface area contributed by atoms with E-state index in [-0.39, 0.29) is 12.2 Å². The molecule has 0 aliphatic carbocycles. The summed E-state index contributed by atoms with van der Waals surface area (Å²) in [7, 11) is 1.47. The Balaban J connectivity index is 1.97. The first-order valence-corrected chi connectivity index (χ1v) is 6.08. The predicted molar refractivity (Wildman–Crippen MR) is 73.0 cm³/mol. The lowest BCUT2D eigenvalue weighted by Crippen LogP contribution is -2.28. The molecule has 0 spiro atoms. The second kappa shape index (κ2) is 6.65. The van der Waals surface area contributed by atoms with Crippen molar-refractivity contribution in [3.05, 3.63) is 53.7 Å². The van der Waals surface area contributed by atoms with Crippen molar-refractivity contribution in [3.8, 4) is 5.88 Å². The number of carbonyl (C=O) groups is 1. The standard InChI is InChI=1S/C14H13F2N3O2/c1-21-13-9(3-2-6-17-13)8-18-14(20)19-12-7-10(15)4-5-11(12)16/h2-7H,8H2,1H3,(H2,18,19,20). The number of halogens is 2. The molecule has 0 radical (unpaired) electrons. The monoisotopic (exact) mass is 293 g/mol. The maximum Gasteiger partial charge on any atom is 0.319 e. The van der Waals surface area contributed by atoms with Crippen LogP contribution in [0, 0.1) is 11.6 Å². The van der Waals surface area contributed by atoms with E-state index in [2.05, 4.69) is 15.6 Å². The number of anilines is 1. The van der Waals surface area contributed by atoms with Crippen LogP contribution in [0.3, 0.4) is 0 Å². The summed E-state index contributed by atoms with van der Waals surface area (Å²) in [5, 5.41) is 4.74. The van der Waals surface area contributed by atoms with E-state index in [0.717, 1.165) is 18.2 Å². The van der Waals surface area contributed by atoms with Gasteiger partial charge in [-0.15, -0.1) is 0 Å². The second-order valence-corrected chi connectivity index (χ2v) is 4.10. The smallest absolute Gasteiger partial charge is 0.319 e. The van der Waals surface area contributed by atoms with Gasteiger partial charge in [-0.1, -0.05) is 6.07 Å². The highest BCUT2D eigenvalue weighted by molar-refractivity contribution is 5.89. The number of amides is 2. The van der Waals surface area contributed by atoms with E-state index in [0.29, 0.717) is 11.4 Å². The minimum Gasteiger partial charge on any atom is -0.481 e. The van der Waals surface area contributed by atoms with Crippen molar-refractivity contribution in [2.24, 2.45) is 0 Å². The molecule has 1 aromatic carbocycles. The highest BCUT2D eigenvalue weighted by Crippen LogP contribution is 2.16. The fourth-order valence-electron chi connectivity index (χ4n) is 1.68. The van der Waals surface area contributed by atoms with Crippen molar-refractivity contribution in [2.45, 2.75) is 6.54 Å². The summed E-state index contributed by atoms with van der Waals surface area (Å²) < 4.78 is 31.4. The maximum atomic E-state index is 13.4. The summed E-state index contributed by atoms with van der Waals surface area (Å²) in [6.45, 7) is 0.139. The van der Waals surface area contributed by atoms with Crippen molar-refractivity contribution in [2.75, 3.05) is 12.4 Å². The van der Waals surface area contributed by atoms with Crippen LogP contribution in [-0.4, -0.2) is 18.1 Å². The fraction of sp³-hybridized carbons (Fsp3) is 0.143. The molecule has 21 heavy (non-hydrogen) atoms. The van der Waals surface area contributed by atoms with E-state index >= 15 is 0 Å². The Bertz CT molecular complexity index is 650. The first-order chi connectivity index (χ1) is 10.1. The quantitative estimate of drug-likeness (QED) is 0.911. The van der Waals surface area contributed by atoms with Crippen molar-refractivity contribution in [3.63, 3.8) is 0 Å². The molecule has 0 bridgehead atoms. The van der Waals surface area contributed by atoms with E-state index in [1.54, 1.807) is 18.3 Å². The summed E-state index contributed by atoms with van der Waals surface area (Å²) in [5.74, 6) is -0.971. The minimum absolute atomic E-state index is 0.139. The van der Waals surface area contributed by atoms with Gasteiger partial charge in [-0.25, -0.2) is 18.6 Å². The lowest BCUT2D eigenvalue weighted by Gasteiger charge is -2.10. The van der Waals surface area contributed by atoms with Crippen LogP contribution in [0.25, 0.3) is 0 Å². The lowest BCUT2D eigenvalue weighted by atomic mass is 10.2. The van der Waals surface area contributed by atoms with Crippen molar-refractivity contribution in [1.82, 2.24) is 10.3 Å². The normalized spacial score (nSPS) is 10.0. The molecule has 1 heterocycles. The van der Waals surface area contributed by atoms with Gasteiger partial charge in [0.15, 0.2) is 0 Å². The Kier molecular flexibility index (Phi) is 4.65. The number of aromatic nitrogens is 1. The molecular weight excluding hydrogens is 280 g/mol. The molecule has 1 aromatic heterocycles. The van der Waals surface area contributed by atoms with Crippen LogP contribution < -0.4 is 15.4 Å². The largest absolute Gasteiger partial charge is 0.481 e. The van der Waals surface area contributed by atoms with Gasteiger partial charge in [-0.3, -0.25) is 0 Å². The number of ether oxygens (including phenoxy) is 1. The number of hydrogen-bond donors (Lipinski definition) is 2. The molecule has 2 N–H and O–H groups in total. The van der Waals surface area contributed by atoms with E-state index in [9.17, 15) is 13.6 Å². The summed E-state index contributed by atoms with van der Waals surface area (Å²) in [5.41, 5.74) is 0.431. The van der Waals surface area contributed by atoms with Crippen LogP contribution in [0.4, 0.5) is 19.3 Å². The number of pyridine rings is 1. The maximum absolute atomic E-state index is 13.4. The van der Waals surface area contributed by atoms with Crippen LogP contribution in [0.5, 0.6) is 5.88 Å². The summed E-state index contributed by atoms with van der Waals surface area (Å²) in [4.78, 5) is 15.7. The molecule has 0 unspecified atom stereocenters. The van der Waals surface area contributed by atoms with Gasteiger partial charge in [0, 0.05) is 24.4 Å². The van der Waals surface area contributed by atoms with Gasteiger partial charge in [0.2, 0.25) is 5.88 Å². The summed E-state index contributed by atoms with van der Waals surface area (Å²) >= 11 is 0. The SMILES string of the molecule is COc1ncccc1CNC(=O)Nc1cc(F)ccc1F. The van der Waals surface area contributed by atoms with E-state index in [1.165, 1.54) is 7.11 Å². The Morgan fingerprint density at radius 3 is 2.90 bits per heavy atom. The Morgan fingerprint density at radius 2 is 2.14 bits per heavy atom. The van der Waals surface area contributed by atoms with Crippen molar-refractivity contribution < 1.29 is 18.3 Å². The van der Waals surface area contributed by atoms with Crippen LogP contribution in [0.15, 0.2) is 36.5 Å². The van der Waals surface area contributed by atoms with Gasteiger partial charge in [0.1, 0.15) is 11.6 Å². The molecule has 0 atom stereocenters. The zero-order chi connectivity index (χ0) is 15.2. The zero-order valence-electron chi connectivity index (χ0n) is 11.2.